The molecule has 0 bridgehead atoms. The Bertz CT molecular complexity index is 680. The van der Waals surface area contributed by atoms with Gasteiger partial charge in [-0.25, -0.2) is 0 Å². The molecule has 0 spiro atoms. The second-order valence-electron chi connectivity index (χ2n) is 6.86. The fraction of sp³-hybridized carbons (Fsp3) is 0.400. The Morgan fingerprint density at radius 2 is 1.60 bits per heavy atom. The van der Waals surface area contributed by atoms with Crippen LogP contribution in [0.5, 0.6) is 0 Å². The first-order chi connectivity index (χ1) is 12.0. The van der Waals surface area contributed by atoms with Gasteiger partial charge in [0.2, 0.25) is 0 Å². The summed E-state index contributed by atoms with van der Waals surface area (Å²) in [6, 6.07) is 12.4. The second kappa shape index (κ2) is 8.59. The highest BCUT2D eigenvalue weighted by Crippen LogP contribution is 2.14. The maximum atomic E-state index is 6.45. The molecule has 3 rings (SSSR count). The van der Waals surface area contributed by atoms with Crippen molar-refractivity contribution in [3.05, 3.63) is 57.6 Å². The predicted octanol–water partition coefficient (Wildman–Crippen LogP) is 3.87. The molecular weight excluding hydrogens is 352 g/mol. The van der Waals surface area contributed by atoms with Gasteiger partial charge in [0.1, 0.15) is 0 Å². The largest absolute Gasteiger partial charge is 0.425 e. The first-order valence-electron chi connectivity index (χ1n) is 8.91. The Labute approximate surface area is 161 Å². The molecule has 0 amide bonds. The van der Waals surface area contributed by atoms with Crippen LogP contribution >= 0.6 is 23.2 Å². The van der Waals surface area contributed by atoms with Crippen LogP contribution in [-0.4, -0.2) is 26.1 Å². The number of benzene rings is 2. The van der Waals surface area contributed by atoms with Crippen LogP contribution in [-0.2, 0) is 4.65 Å². The van der Waals surface area contributed by atoms with Crippen molar-refractivity contribution in [3.63, 3.8) is 0 Å². The van der Waals surface area contributed by atoms with E-state index < -0.39 is 0 Å². The molecule has 1 atom stereocenters. The lowest BCUT2D eigenvalue weighted by Gasteiger charge is -2.26. The monoisotopic (exact) mass is 375 g/mol. The van der Waals surface area contributed by atoms with E-state index in [1.807, 2.05) is 36.4 Å². The van der Waals surface area contributed by atoms with Gasteiger partial charge >= 0.3 is 6.92 Å². The summed E-state index contributed by atoms with van der Waals surface area (Å²) < 4.78 is 6.45. The van der Waals surface area contributed by atoms with E-state index in [0.717, 1.165) is 33.9 Å². The highest BCUT2D eigenvalue weighted by molar-refractivity contribution is 6.81. The van der Waals surface area contributed by atoms with Gasteiger partial charge in [0.05, 0.1) is 0 Å². The van der Waals surface area contributed by atoms with Crippen molar-refractivity contribution in [2.24, 2.45) is 0 Å². The summed E-state index contributed by atoms with van der Waals surface area (Å²) in [7, 11) is 0. The summed E-state index contributed by atoms with van der Waals surface area (Å²) >= 11 is 12.5. The minimum atomic E-state index is -0.166. The van der Waals surface area contributed by atoms with Crippen molar-refractivity contribution >= 4 is 41.0 Å². The average Bonchev–Trinajstić information content (AvgIpc) is 2.61. The fourth-order valence-electron chi connectivity index (χ4n) is 3.41. The molecule has 1 aliphatic heterocycles. The zero-order valence-electron chi connectivity index (χ0n) is 14.8. The highest BCUT2D eigenvalue weighted by Gasteiger charge is 2.27. The second-order valence-corrected chi connectivity index (χ2v) is 7.73. The van der Waals surface area contributed by atoms with Gasteiger partial charge in [0.25, 0.3) is 0 Å². The number of hydrogen-bond acceptors (Lipinski definition) is 2. The van der Waals surface area contributed by atoms with E-state index in [9.17, 15) is 0 Å². The van der Waals surface area contributed by atoms with Crippen LogP contribution in [0.1, 0.15) is 30.4 Å². The summed E-state index contributed by atoms with van der Waals surface area (Å²) in [5, 5.41) is 5.01. The molecular formula is C20H24BCl2NO. The van der Waals surface area contributed by atoms with Crippen LogP contribution in [0.3, 0.4) is 0 Å². The molecule has 25 heavy (non-hydrogen) atoms. The predicted molar refractivity (Wildman–Crippen MR) is 109 cm³/mol. The molecule has 2 aromatic rings. The summed E-state index contributed by atoms with van der Waals surface area (Å²) in [5.41, 5.74) is 4.55. The maximum absolute atomic E-state index is 6.45. The number of nitrogens with one attached hydrogen (secondary N) is 1. The Balaban J connectivity index is 1.92. The Hall–Kier alpha value is -0.995. The fourth-order valence-corrected chi connectivity index (χ4v) is 3.77. The van der Waals surface area contributed by atoms with E-state index in [1.54, 1.807) is 0 Å². The summed E-state index contributed by atoms with van der Waals surface area (Å²) in [6.07, 6.45) is 3.68. The number of aryl methyl sites for hydroxylation is 2. The van der Waals surface area contributed by atoms with Gasteiger partial charge in [0, 0.05) is 22.7 Å². The smallest absolute Gasteiger partial charge is 0.362 e. The number of hydrogen-bond donors (Lipinski definition) is 1. The summed E-state index contributed by atoms with van der Waals surface area (Å²) in [6.45, 7) is 5.79. The van der Waals surface area contributed by atoms with E-state index in [2.05, 4.69) is 19.2 Å². The molecule has 5 heteroatoms. The third kappa shape index (κ3) is 4.80. The maximum Gasteiger partial charge on any atom is 0.362 e. The molecule has 2 nitrogen and oxygen atoms in total. The zero-order valence-corrected chi connectivity index (χ0v) is 16.3. The lowest BCUT2D eigenvalue weighted by atomic mass is 9.53. The molecule has 0 aromatic heterocycles. The third-order valence-electron chi connectivity index (χ3n) is 4.92. The molecule has 1 N–H and O–H groups in total. The molecule has 0 saturated carbocycles. The standard InChI is InChI=1S/C20H24BCl2NO/c1-14-6-8-16(22)11-19(14)21(20-12-17(23)9-7-15(20)2)25-13-18-5-3-4-10-24-18/h6-9,11-12,18,24H,3-5,10,13H2,1-2H3. The number of halogens is 2. The lowest BCUT2D eigenvalue weighted by molar-refractivity contribution is 0.246. The summed E-state index contributed by atoms with van der Waals surface area (Å²) in [5.74, 6) is 0. The van der Waals surface area contributed by atoms with Crippen LogP contribution in [0.25, 0.3) is 0 Å². The Morgan fingerprint density at radius 1 is 1.00 bits per heavy atom. The normalized spacial score (nSPS) is 17.5. The van der Waals surface area contributed by atoms with Crippen molar-refractivity contribution in [2.45, 2.75) is 39.2 Å². The van der Waals surface area contributed by atoms with E-state index in [4.69, 9.17) is 27.9 Å². The average molecular weight is 376 g/mol. The van der Waals surface area contributed by atoms with Crippen LogP contribution in [0, 0.1) is 13.8 Å². The molecule has 1 aliphatic rings. The van der Waals surface area contributed by atoms with E-state index >= 15 is 0 Å². The van der Waals surface area contributed by atoms with Crippen molar-refractivity contribution in [1.29, 1.82) is 0 Å². The molecule has 0 aliphatic carbocycles. The Kier molecular flexibility index (Phi) is 6.46. The molecule has 1 saturated heterocycles. The summed E-state index contributed by atoms with van der Waals surface area (Å²) in [4.78, 5) is 0. The topological polar surface area (TPSA) is 21.3 Å². The molecule has 2 aromatic carbocycles. The number of rotatable bonds is 5. The molecule has 1 unspecified atom stereocenters. The van der Waals surface area contributed by atoms with Crippen molar-refractivity contribution in [2.75, 3.05) is 13.2 Å². The van der Waals surface area contributed by atoms with Crippen molar-refractivity contribution in [1.82, 2.24) is 5.32 Å². The van der Waals surface area contributed by atoms with Crippen LogP contribution in [0.2, 0.25) is 10.0 Å². The third-order valence-corrected chi connectivity index (χ3v) is 5.39. The van der Waals surface area contributed by atoms with Gasteiger partial charge in [0.15, 0.2) is 0 Å². The Morgan fingerprint density at radius 3 is 2.12 bits per heavy atom. The van der Waals surface area contributed by atoms with Gasteiger partial charge in [-0.05, 0) is 68.4 Å². The van der Waals surface area contributed by atoms with Gasteiger partial charge in [-0.15, -0.1) is 0 Å². The molecule has 1 fully saturated rings. The minimum Gasteiger partial charge on any atom is -0.425 e. The number of piperidine rings is 1. The van der Waals surface area contributed by atoms with Crippen molar-refractivity contribution in [3.8, 4) is 0 Å². The molecule has 132 valence electrons. The minimum absolute atomic E-state index is 0.166. The van der Waals surface area contributed by atoms with E-state index in [1.165, 1.54) is 24.0 Å². The highest BCUT2D eigenvalue weighted by atomic mass is 35.5. The first-order valence-corrected chi connectivity index (χ1v) is 9.67. The quantitative estimate of drug-likeness (QED) is 0.800. The van der Waals surface area contributed by atoms with Crippen molar-refractivity contribution < 1.29 is 4.65 Å². The zero-order chi connectivity index (χ0) is 17.8. The van der Waals surface area contributed by atoms with Crippen LogP contribution in [0.15, 0.2) is 36.4 Å². The van der Waals surface area contributed by atoms with Gasteiger partial charge in [-0.3, -0.25) is 0 Å². The first kappa shape index (κ1) is 18.8. The van der Waals surface area contributed by atoms with Gasteiger partial charge < -0.3 is 9.97 Å². The van der Waals surface area contributed by atoms with E-state index in [0.29, 0.717) is 12.6 Å². The SMILES string of the molecule is Cc1ccc(Cl)cc1B(OCC1CCCCN1)c1cc(Cl)ccc1C. The van der Waals surface area contributed by atoms with Gasteiger partial charge in [-0.1, -0.05) is 52.9 Å². The molecule has 1 heterocycles. The molecule has 0 radical (unpaired) electrons. The van der Waals surface area contributed by atoms with Gasteiger partial charge in [-0.2, -0.15) is 0 Å². The van der Waals surface area contributed by atoms with E-state index in [-0.39, 0.29) is 6.92 Å². The van der Waals surface area contributed by atoms with Crippen LogP contribution in [0.4, 0.5) is 0 Å². The van der Waals surface area contributed by atoms with Crippen LogP contribution < -0.4 is 16.2 Å². The lowest BCUT2D eigenvalue weighted by Crippen LogP contribution is -2.50.